The Morgan fingerprint density at radius 3 is 2.58 bits per heavy atom. The second-order valence-electron chi connectivity index (χ2n) is 5.41. The normalized spacial score (nSPS) is 21.4. The van der Waals surface area contributed by atoms with E-state index in [2.05, 4.69) is 12.2 Å². The fraction of sp³-hybridized carbons (Fsp3) is 0.692. The molecule has 19 heavy (non-hydrogen) atoms. The maximum atomic E-state index is 12.1. The van der Waals surface area contributed by atoms with Crippen LogP contribution in [0.1, 0.15) is 26.7 Å². The molecule has 2 rings (SSSR count). The van der Waals surface area contributed by atoms with Crippen LogP contribution in [0.25, 0.3) is 0 Å². The van der Waals surface area contributed by atoms with E-state index in [0.29, 0.717) is 24.1 Å². The third-order valence-corrected chi connectivity index (χ3v) is 3.85. The zero-order valence-corrected chi connectivity index (χ0v) is 11.8. The molecule has 3 N–H and O–H groups in total. The first-order chi connectivity index (χ1) is 8.97. The second-order valence-corrected chi connectivity index (χ2v) is 5.41. The molecule has 0 aliphatic heterocycles. The molecule has 1 aliphatic carbocycles. The minimum absolute atomic E-state index is 0.253. The average Bonchev–Trinajstić information content (AvgIpc) is 3.08. The molecule has 1 heterocycles. The fourth-order valence-electron chi connectivity index (χ4n) is 2.31. The van der Waals surface area contributed by atoms with Crippen molar-refractivity contribution in [2.24, 2.45) is 18.9 Å². The Bertz CT molecular complexity index is 588. The van der Waals surface area contributed by atoms with E-state index in [4.69, 9.17) is 5.73 Å². The van der Waals surface area contributed by atoms with Crippen LogP contribution in [0.3, 0.4) is 0 Å². The van der Waals surface area contributed by atoms with E-state index in [-0.39, 0.29) is 17.1 Å². The fourth-order valence-corrected chi connectivity index (χ4v) is 2.31. The van der Waals surface area contributed by atoms with Crippen molar-refractivity contribution >= 4 is 11.5 Å². The van der Waals surface area contributed by atoms with Crippen LogP contribution < -0.4 is 22.3 Å². The van der Waals surface area contributed by atoms with Gasteiger partial charge in [-0.15, -0.1) is 0 Å². The van der Waals surface area contributed by atoms with Gasteiger partial charge in [-0.1, -0.05) is 13.8 Å². The minimum atomic E-state index is -0.352. The van der Waals surface area contributed by atoms with Crippen molar-refractivity contribution in [3.63, 3.8) is 0 Å². The molecule has 0 spiro atoms. The van der Waals surface area contributed by atoms with Crippen molar-refractivity contribution in [1.82, 2.24) is 9.13 Å². The highest BCUT2D eigenvalue weighted by molar-refractivity contribution is 5.60. The van der Waals surface area contributed by atoms with Gasteiger partial charge in [0.1, 0.15) is 11.5 Å². The third-order valence-electron chi connectivity index (χ3n) is 3.85. The lowest BCUT2D eigenvalue weighted by Gasteiger charge is -2.15. The largest absolute Gasteiger partial charge is 0.383 e. The van der Waals surface area contributed by atoms with E-state index in [9.17, 15) is 9.59 Å². The third kappa shape index (κ3) is 2.52. The first-order valence-corrected chi connectivity index (χ1v) is 6.80. The van der Waals surface area contributed by atoms with E-state index < -0.39 is 0 Å². The summed E-state index contributed by atoms with van der Waals surface area (Å²) in [6.07, 6.45) is 1.98. The Morgan fingerprint density at radius 2 is 2.05 bits per heavy atom. The van der Waals surface area contributed by atoms with Crippen molar-refractivity contribution in [2.75, 3.05) is 17.6 Å². The summed E-state index contributed by atoms with van der Waals surface area (Å²) >= 11 is 0. The number of nitrogen functional groups attached to an aromatic ring is 1. The lowest BCUT2D eigenvalue weighted by atomic mass is 10.3. The van der Waals surface area contributed by atoms with Crippen molar-refractivity contribution in [3.05, 3.63) is 20.8 Å². The number of rotatable bonds is 5. The van der Waals surface area contributed by atoms with Gasteiger partial charge < -0.3 is 11.1 Å². The predicted molar refractivity (Wildman–Crippen MR) is 76.4 cm³/mol. The van der Waals surface area contributed by atoms with Crippen LogP contribution in [-0.4, -0.2) is 15.7 Å². The van der Waals surface area contributed by atoms with Gasteiger partial charge in [0.05, 0.1) is 0 Å². The zero-order valence-electron chi connectivity index (χ0n) is 11.8. The van der Waals surface area contributed by atoms with Crippen molar-refractivity contribution < 1.29 is 0 Å². The maximum Gasteiger partial charge on any atom is 0.332 e. The molecule has 0 aromatic carbocycles. The molecule has 0 amide bonds. The van der Waals surface area contributed by atoms with Gasteiger partial charge in [0, 0.05) is 20.1 Å². The minimum Gasteiger partial charge on any atom is -0.383 e. The van der Waals surface area contributed by atoms with E-state index >= 15 is 0 Å². The highest BCUT2D eigenvalue weighted by Gasteiger charge is 2.32. The van der Waals surface area contributed by atoms with Gasteiger partial charge in [-0.2, -0.15) is 0 Å². The lowest BCUT2D eigenvalue weighted by molar-refractivity contribution is 0.600. The summed E-state index contributed by atoms with van der Waals surface area (Å²) in [5, 5.41) is 3.12. The molecule has 2 unspecified atom stereocenters. The highest BCUT2D eigenvalue weighted by atomic mass is 16.2. The van der Waals surface area contributed by atoms with Crippen molar-refractivity contribution in [2.45, 2.75) is 33.2 Å². The summed E-state index contributed by atoms with van der Waals surface area (Å²) in [5.74, 6) is 1.57. The molecule has 1 aromatic heterocycles. The first-order valence-electron chi connectivity index (χ1n) is 6.80. The Labute approximate surface area is 112 Å². The molecule has 106 valence electrons. The summed E-state index contributed by atoms with van der Waals surface area (Å²) in [5.41, 5.74) is 5.63. The predicted octanol–water partition coefficient (Wildman–Crippen LogP) is 0.607. The Hall–Kier alpha value is -1.72. The molecular formula is C13H22N4O2. The number of nitrogens with two attached hydrogens (primary N) is 1. The van der Waals surface area contributed by atoms with Gasteiger partial charge in [0.2, 0.25) is 0 Å². The summed E-state index contributed by atoms with van der Waals surface area (Å²) in [7, 11) is 1.49. The van der Waals surface area contributed by atoms with Crippen LogP contribution in [0.4, 0.5) is 11.5 Å². The smallest absolute Gasteiger partial charge is 0.332 e. The summed E-state index contributed by atoms with van der Waals surface area (Å²) in [6, 6.07) is 0. The molecule has 6 heteroatoms. The second kappa shape index (κ2) is 5.11. The Balaban J connectivity index is 2.35. The van der Waals surface area contributed by atoms with Crippen molar-refractivity contribution in [3.8, 4) is 0 Å². The number of hydrogen-bond acceptors (Lipinski definition) is 4. The molecule has 0 bridgehead atoms. The zero-order chi connectivity index (χ0) is 14.2. The SMILES string of the molecule is CCCn1c(N)c(NCC2CC2C)c(=O)n(C)c1=O. The van der Waals surface area contributed by atoms with Gasteiger partial charge in [-0.25, -0.2) is 4.79 Å². The average molecular weight is 266 g/mol. The van der Waals surface area contributed by atoms with Gasteiger partial charge in [0.15, 0.2) is 0 Å². The van der Waals surface area contributed by atoms with E-state index in [1.165, 1.54) is 18.0 Å². The molecule has 6 nitrogen and oxygen atoms in total. The topological polar surface area (TPSA) is 82.0 Å². The van der Waals surface area contributed by atoms with E-state index in [1.54, 1.807) is 0 Å². The Kier molecular flexibility index (Phi) is 3.68. The van der Waals surface area contributed by atoms with Crippen molar-refractivity contribution in [1.29, 1.82) is 0 Å². The number of anilines is 2. The molecule has 0 saturated heterocycles. The molecule has 2 atom stereocenters. The molecule has 1 saturated carbocycles. The van der Waals surface area contributed by atoms with Crippen LogP contribution >= 0.6 is 0 Å². The maximum absolute atomic E-state index is 12.1. The van der Waals surface area contributed by atoms with Crippen LogP contribution in [0.15, 0.2) is 9.59 Å². The van der Waals surface area contributed by atoms with Crippen LogP contribution in [0.5, 0.6) is 0 Å². The van der Waals surface area contributed by atoms with Crippen LogP contribution in [0.2, 0.25) is 0 Å². The van der Waals surface area contributed by atoms with Gasteiger partial charge >= 0.3 is 5.69 Å². The summed E-state index contributed by atoms with van der Waals surface area (Å²) in [4.78, 5) is 24.1. The van der Waals surface area contributed by atoms with E-state index in [0.717, 1.165) is 17.5 Å². The molecule has 1 aliphatic rings. The Morgan fingerprint density at radius 1 is 1.42 bits per heavy atom. The van der Waals surface area contributed by atoms with Gasteiger partial charge in [-0.05, 0) is 24.7 Å². The van der Waals surface area contributed by atoms with E-state index in [1.807, 2.05) is 6.92 Å². The number of nitrogens with one attached hydrogen (secondary N) is 1. The highest BCUT2D eigenvalue weighted by Crippen LogP contribution is 2.37. The monoisotopic (exact) mass is 266 g/mol. The lowest BCUT2D eigenvalue weighted by Crippen LogP contribution is -2.41. The number of aromatic nitrogens is 2. The van der Waals surface area contributed by atoms with Crippen LogP contribution in [0, 0.1) is 11.8 Å². The first kappa shape index (κ1) is 13.7. The van der Waals surface area contributed by atoms with Gasteiger partial charge in [0.25, 0.3) is 5.56 Å². The summed E-state index contributed by atoms with van der Waals surface area (Å²) < 4.78 is 2.57. The quantitative estimate of drug-likeness (QED) is 0.818. The molecule has 0 radical (unpaired) electrons. The molecular weight excluding hydrogens is 244 g/mol. The van der Waals surface area contributed by atoms with Crippen LogP contribution in [-0.2, 0) is 13.6 Å². The molecule has 1 fully saturated rings. The number of hydrogen-bond donors (Lipinski definition) is 2. The van der Waals surface area contributed by atoms with Gasteiger partial charge in [-0.3, -0.25) is 13.9 Å². The summed E-state index contributed by atoms with van der Waals surface area (Å²) in [6.45, 7) is 5.42. The standard InChI is InChI=1S/C13H22N4O2/c1-4-5-17-11(14)10(12(18)16(3)13(17)19)15-7-9-6-8(9)2/h8-9,15H,4-7,14H2,1-3H3. The number of nitrogens with zero attached hydrogens (tertiary/aromatic N) is 2. The molecule has 1 aromatic rings.